The van der Waals surface area contributed by atoms with Gasteiger partial charge in [0.05, 0.1) is 4.75 Å². The van der Waals surface area contributed by atoms with Crippen molar-refractivity contribution in [3.05, 3.63) is 4.91 Å². The summed E-state index contributed by atoms with van der Waals surface area (Å²) in [5.74, 6) is 0.679. The molecule has 1 N–H and O–H groups in total. The molecule has 2 aliphatic rings. The van der Waals surface area contributed by atoms with Crippen molar-refractivity contribution in [2.24, 2.45) is 21.3 Å². The van der Waals surface area contributed by atoms with Crippen LogP contribution in [0.5, 0.6) is 0 Å². The minimum Gasteiger partial charge on any atom is -0.396 e. The molecule has 2 bridgehead atoms. The maximum Gasteiger partial charge on any atom is 0.0541 e. The topological polar surface area (TPSA) is 49.7 Å². The summed E-state index contributed by atoms with van der Waals surface area (Å²) in [5.41, 5.74) is 0.268. The number of nitrogens with zero attached hydrogens (tertiary/aromatic N) is 1. The van der Waals surface area contributed by atoms with Gasteiger partial charge < -0.3 is 5.11 Å². The highest BCUT2D eigenvalue weighted by molar-refractivity contribution is 7.99. The van der Waals surface area contributed by atoms with Crippen LogP contribution in [0.1, 0.15) is 46.5 Å². The van der Waals surface area contributed by atoms with Crippen LogP contribution in [0, 0.1) is 21.7 Å². The Bertz CT molecular complexity index is 301. The first-order valence-electron chi connectivity index (χ1n) is 6.05. The van der Waals surface area contributed by atoms with E-state index in [4.69, 9.17) is 0 Å². The van der Waals surface area contributed by atoms with Gasteiger partial charge in [-0.1, -0.05) is 20.8 Å². The normalized spacial score (nSPS) is 44.9. The van der Waals surface area contributed by atoms with E-state index < -0.39 is 0 Å². The summed E-state index contributed by atoms with van der Waals surface area (Å²) in [6.07, 6.45) is 4.30. The van der Waals surface area contributed by atoms with Gasteiger partial charge in [0.25, 0.3) is 0 Å². The van der Waals surface area contributed by atoms with E-state index in [1.807, 2.05) is 0 Å². The SMILES string of the molecule is CC12CCC(C1)C(C)(C)C2(CCO)SN=O. The van der Waals surface area contributed by atoms with Crippen LogP contribution in [-0.4, -0.2) is 16.5 Å². The lowest BCUT2D eigenvalue weighted by Gasteiger charge is -2.52. The van der Waals surface area contributed by atoms with Crippen molar-refractivity contribution in [2.75, 3.05) is 6.61 Å². The lowest BCUT2D eigenvalue weighted by Crippen LogP contribution is -2.51. The highest BCUT2D eigenvalue weighted by atomic mass is 32.2. The maximum absolute atomic E-state index is 10.8. The van der Waals surface area contributed by atoms with Crippen molar-refractivity contribution in [2.45, 2.75) is 51.2 Å². The monoisotopic (exact) mass is 243 g/mol. The lowest BCUT2D eigenvalue weighted by molar-refractivity contribution is 0.0833. The number of aliphatic hydroxyl groups is 1. The Morgan fingerprint density at radius 2 is 2.12 bits per heavy atom. The molecule has 92 valence electrons. The molecule has 3 atom stereocenters. The highest BCUT2D eigenvalue weighted by Gasteiger charge is 2.69. The summed E-state index contributed by atoms with van der Waals surface area (Å²) in [6, 6.07) is 0. The zero-order valence-electron chi connectivity index (χ0n) is 10.3. The average molecular weight is 243 g/mol. The second kappa shape index (κ2) is 3.70. The largest absolute Gasteiger partial charge is 0.396 e. The van der Waals surface area contributed by atoms with E-state index in [1.165, 1.54) is 31.2 Å². The Labute approximate surface area is 101 Å². The van der Waals surface area contributed by atoms with Crippen LogP contribution in [0.4, 0.5) is 0 Å². The predicted octanol–water partition coefficient (Wildman–Crippen LogP) is 3.37. The summed E-state index contributed by atoms with van der Waals surface area (Å²) in [6.45, 7) is 6.91. The van der Waals surface area contributed by atoms with E-state index in [1.54, 1.807) is 0 Å². The quantitative estimate of drug-likeness (QED) is 0.608. The number of hydrogen-bond donors (Lipinski definition) is 1. The molecule has 0 heterocycles. The van der Waals surface area contributed by atoms with Gasteiger partial charge in [0.2, 0.25) is 0 Å². The third-order valence-electron chi connectivity index (χ3n) is 5.43. The highest BCUT2D eigenvalue weighted by Crippen LogP contribution is 2.73. The zero-order valence-corrected chi connectivity index (χ0v) is 11.1. The van der Waals surface area contributed by atoms with E-state index in [0.717, 1.165) is 0 Å². The molecule has 0 aromatic heterocycles. The van der Waals surface area contributed by atoms with Crippen LogP contribution < -0.4 is 0 Å². The van der Waals surface area contributed by atoms with Crippen molar-refractivity contribution >= 4 is 11.9 Å². The Hall–Kier alpha value is -0.0900. The van der Waals surface area contributed by atoms with Gasteiger partial charge in [-0.2, -0.15) is 0 Å². The predicted molar refractivity (Wildman–Crippen MR) is 67.0 cm³/mol. The van der Waals surface area contributed by atoms with E-state index in [2.05, 4.69) is 25.4 Å². The molecule has 0 amide bonds. The van der Waals surface area contributed by atoms with E-state index in [-0.39, 0.29) is 22.2 Å². The molecule has 0 spiro atoms. The second-order valence-electron chi connectivity index (χ2n) is 6.19. The van der Waals surface area contributed by atoms with Crippen LogP contribution >= 0.6 is 11.9 Å². The smallest absolute Gasteiger partial charge is 0.0541 e. The number of hydrogen-bond acceptors (Lipinski definition) is 4. The Morgan fingerprint density at radius 3 is 2.56 bits per heavy atom. The molecular weight excluding hydrogens is 222 g/mol. The van der Waals surface area contributed by atoms with Crippen molar-refractivity contribution in [3.63, 3.8) is 0 Å². The van der Waals surface area contributed by atoms with Crippen molar-refractivity contribution in [1.29, 1.82) is 0 Å². The summed E-state index contributed by atoms with van der Waals surface area (Å²) in [5, 5.41) is 9.34. The van der Waals surface area contributed by atoms with Crippen LogP contribution in [0.2, 0.25) is 0 Å². The van der Waals surface area contributed by atoms with E-state index in [0.29, 0.717) is 12.3 Å². The first kappa shape index (κ1) is 12.4. The van der Waals surface area contributed by atoms with Gasteiger partial charge in [0.15, 0.2) is 0 Å². The van der Waals surface area contributed by atoms with Crippen LogP contribution in [0.25, 0.3) is 0 Å². The fourth-order valence-electron chi connectivity index (χ4n) is 4.45. The summed E-state index contributed by atoms with van der Waals surface area (Å²) < 4.78 is 2.96. The second-order valence-corrected chi connectivity index (χ2v) is 7.22. The fourth-order valence-corrected chi connectivity index (χ4v) is 5.57. The molecular formula is C12H21NO2S. The molecule has 0 aromatic rings. The van der Waals surface area contributed by atoms with Crippen molar-refractivity contribution in [1.82, 2.24) is 0 Å². The molecule has 4 heteroatoms. The molecule has 3 nitrogen and oxygen atoms in total. The summed E-state index contributed by atoms with van der Waals surface area (Å²) in [7, 11) is 0. The zero-order chi connectivity index (χ0) is 12.0. The Kier molecular flexibility index (Phi) is 2.86. The molecule has 2 rings (SSSR count). The van der Waals surface area contributed by atoms with Gasteiger partial charge in [-0.3, -0.25) is 0 Å². The van der Waals surface area contributed by atoms with Crippen LogP contribution in [0.15, 0.2) is 4.58 Å². The number of aliphatic hydroxyl groups excluding tert-OH is 1. The lowest BCUT2D eigenvalue weighted by atomic mass is 9.62. The summed E-state index contributed by atoms with van der Waals surface area (Å²) >= 11 is 1.19. The minimum atomic E-state index is -0.167. The molecule has 2 saturated carbocycles. The molecule has 0 aliphatic heterocycles. The van der Waals surface area contributed by atoms with Gasteiger partial charge >= 0.3 is 0 Å². The Morgan fingerprint density at radius 1 is 1.44 bits per heavy atom. The number of nitroso groups, excluding NO2 is 1. The van der Waals surface area contributed by atoms with E-state index in [9.17, 15) is 10.0 Å². The molecule has 2 fully saturated rings. The van der Waals surface area contributed by atoms with Gasteiger partial charge in [0.1, 0.15) is 0 Å². The van der Waals surface area contributed by atoms with Gasteiger partial charge in [-0.15, -0.1) is 4.91 Å². The van der Waals surface area contributed by atoms with Crippen molar-refractivity contribution < 1.29 is 5.11 Å². The first-order valence-corrected chi connectivity index (χ1v) is 6.82. The van der Waals surface area contributed by atoms with Gasteiger partial charge in [0, 0.05) is 23.1 Å². The average Bonchev–Trinajstić information content (AvgIpc) is 2.66. The standard InChI is InChI=1S/C12H21NO2S/c1-10(2)9-4-5-11(3,8-9)12(10,6-7-14)16-13-15/h9,14H,4-8H2,1-3H3. The molecule has 0 saturated heterocycles. The van der Waals surface area contributed by atoms with Gasteiger partial charge in [-0.05, 0) is 42.4 Å². The maximum atomic E-state index is 10.8. The molecule has 3 unspecified atom stereocenters. The van der Waals surface area contributed by atoms with Gasteiger partial charge in [-0.25, -0.2) is 0 Å². The molecule has 0 radical (unpaired) electrons. The fraction of sp³-hybridized carbons (Fsp3) is 1.00. The Balaban J connectivity index is 2.44. The van der Waals surface area contributed by atoms with Crippen molar-refractivity contribution in [3.8, 4) is 0 Å². The summed E-state index contributed by atoms with van der Waals surface area (Å²) in [4.78, 5) is 10.8. The van der Waals surface area contributed by atoms with Crippen LogP contribution in [-0.2, 0) is 0 Å². The number of rotatable bonds is 4. The minimum absolute atomic E-state index is 0.0985. The third-order valence-corrected chi connectivity index (χ3v) is 7.04. The third kappa shape index (κ3) is 1.26. The van der Waals surface area contributed by atoms with E-state index >= 15 is 0 Å². The molecule has 16 heavy (non-hydrogen) atoms. The van der Waals surface area contributed by atoms with Crippen LogP contribution in [0.3, 0.4) is 0 Å². The molecule has 0 aromatic carbocycles. The number of fused-ring (bicyclic) bond motifs is 2. The first-order chi connectivity index (χ1) is 7.43. The molecule has 2 aliphatic carbocycles.